The van der Waals surface area contributed by atoms with Gasteiger partial charge in [0, 0.05) is 6.42 Å². The quantitative estimate of drug-likeness (QED) is 0.821. The van der Waals surface area contributed by atoms with Crippen LogP contribution in [0.1, 0.15) is 12.7 Å². The van der Waals surface area contributed by atoms with Crippen molar-refractivity contribution in [2.24, 2.45) is 0 Å². The van der Waals surface area contributed by atoms with Crippen molar-refractivity contribution in [2.75, 3.05) is 0 Å². The number of phenols is 1. The van der Waals surface area contributed by atoms with E-state index >= 15 is 0 Å². The second kappa shape index (κ2) is 3.68. The SMILES string of the molecule is CCc1noc(-c2c(O)cccc2F)n1. The van der Waals surface area contributed by atoms with E-state index in [0.717, 1.165) is 0 Å². The Morgan fingerprint density at radius 2 is 2.27 bits per heavy atom. The number of phenolic OH excluding ortho intramolecular Hbond substituents is 1. The minimum Gasteiger partial charge on any atom is -0.507 e. The number of aromatic hydroxyl groups is 1. The van der Waals surface area contributed by atoms with Gasteiger partial charge in [0.2, 0.25) is 0 Å². The van der Waals surface area contributed by atoms with Gasteiger partial charge in [-0.3, -0.25) is 0 Å². The maximum absolute atomic E-state index is 13.4. The van der Waals surface area contributed by atoms with Crippen LogP contribution in [0, 0.1) is 5.82 Å². The van der Waals surface area contributed by atoms with E-state index in [4.69, 9.17) is 4.52 Å². The number of hydrogen-bond donors (Lipinski definition) is 1. The molecule has 0 aliphatic rings. The highest BCUT2D eigenvalue weighted by atomic mass is 19.1. The summed E-state index contributed by atoms with van der Waals surface area (Å²) < 4.78 is 18.2. The summed E-state index contributed by atoms with van der Waals surface area (Å²) in [4.78, 5) is 3.94. The molecular formula is C10H9FN2O2. The predicted molar refractivity (Wildman–Crippen MR) is 50.7 cm³/mol. The van der Waals surface area contributed by atoms with E-state index in [1.807, 2.05) is 6.92 Å². The Kier molecular flexibility index (Phi) is 2.37. The topological polar surface area (TPSA) is 59.2 Å². The van der Waals surface area contributed by atoms with Gasteiger partial charge in [0.05, 0.1) is 0 Å². The lowest BCUT2D eigenvalue weighted by Crippen LogP contribution is -1.86. The molecule has 2 aromatic rings. The van der Waals surface area contributed by atoms with Gasteiger partial charge in [-0.1, -0.05) is 18.1 Å². The highest BCUT2D eigenvalue weighted by Gasteiger charge is 2.16. The molecule has 0 spiro atoms. The molecule has 5 heteroatoms. The van der Waals surface area contributed by atoms with Gasteiger partial charge in [0.1, 0.15) is 17.1 Å². The van der Waals surface area contributed by atoms with Crippen LogP contribution in [0.2, 0.25) is 0 Å². The molecule has 0 radical (unpaired) electrons. The lowest BCUT2D eigenvalue weighted by atomic mass is 10.2. The smallest absolute Gasteiger partial charge is 0.264 e. The number of aryl methyl sites for hydroxylation is 1. The molecule has 0 bridgehead atoms. The number of rotatable bonds is 2. The molecule has 1 aromatic carbocycles. The minimum atomic E-state index is -0.582. The molecule has 1 aromatic heterocycles. The third kappa shape index (κ3) is 1.68. The van der Waals surface area contributed by atoms with E-state index in [9.17, 15) is 9.50 Å². The van der Waals surface area contributed by atoms with Crippen LogP contribution in [0.5, 0.6) is 5.75 Å². The summed E-state index contributed by atoms with van der Waals surface area (Å²) in [6.45, 7) is 1.86. The van der Waals surface area contributed by atoms with Gasteiger partial charge in [0.15, 0.2) is 5.82 Å². The third-order valence-corrected chi connectivity index (χ3v) is 1.99. The van der Waals surface area contributed by atoms with Crippen molar-refractivity contribution in [3.05, 3.63) is 29.8 Å². The molecule has 1 heterocycles. The highest BCUT2D eigenvalue weighted by molar-refractivity contribution is 5.62. The molecule has 15 heavy (non-hydrogen) atoms. The Morgan fingerprint density at radius 3 is 2.87 bits per heavy atom. The first-order valence-electron chi connectivity index (χ1n) is 4.52. The first-order valence-corrected chi connectivity index (χ1v) is 4.52. The molecule has 78 valence electrons. The zero-order valence-corrected chi connectivity index (χ0v) is 8.07. The van der Waals surface area contributed by atoms with Gasteiger partial charge < -0.3 is 9.63 Å². The fraction of sp³-hybridized carbons (Fsp3) is 0.200. The lowest BCUT2D eigenvalue weighted by molar-refractivity contribution is 0.414. The number of benzene rings is 1. The van der Waals surface area contributed by atoms with Crippen LogP contribution in [0.25, 0.3) is 11.5 Å². The molecule has 0 aliphatic carbocycles. The standard InChI is InChI=1S/C10H9FN2O2/c1-2-8-12-10(15-13-8)9-6(11)4-3-5-7(9)14/h3-5,14H,2H2,1H3. The van der Waals surface area contributed by atoms with Gasteiger partial charge >= 0.3 is 0 Å². The normalized spacial score (nSPS) is 10.5. The Labute approximate surface area is 85.4 Å². The summed E-state index contributed by atoms with van der Waals surface area (Å²) in [5.41, 5.74) is -0.0512. The van der Waals surface area contributed by atoms with Crippen molar-refractivity contribution in [3.8, 4) is 17.2 Å². The molecular weight excluding hydrogens is 199 g/mol. The van der Waals surface area contributed by atoms with Crippen molar-refractivity contribution in [2.45, 2.75) is 13.3 Å². The van der Waals surface area contributed by atoms with Gasteiger partial charge in [0.25, 0.3) is 5.89 Å². The summed E-state index contributed by atoms with van der Waals surface area (Å²) in [5, 5.41) is 13.1. The fourth-order valence-corrected chi connectivity index (χ4v) is 1.22. The lowest BCUT2D eigenvalue weighted by Gasteiger charge is -1.99. The average Bonchev–Trinajstić information content (AvgIpc) is 2.66. The van der Waals surface area contributed by atoms with Crippen LogP contribution in [0.3, 0.4) is 0 Å². The zero-order chi connectivity index (χ0) is 10.8. The highest BCUT2D eigenvalue weighted by Crippen LogP contribution is 2.30. The fourth-order valence-electron chi connectivity index (χ4n) is 1.22. The number of halogens is 1. The van der Waals surface area contributed by atoms with Crippen LogP contribution in [0.15, 0.2) is 22.7 Å². The summed E-state index contributed by atoms with van der Waals surface area (Å²) >= 11 is 0. The second-order valence-electron chi connectivity index (χ2n) is 3.00. The van der Waals surface area contributed by atoms with Crippen LogP contribution in [-0.2, 0) is 6.42 Å². The van der Waals surface area contributed by atoms with Crippen molar-refractivity contribution in [1.29, 1.82) is 0 Å². The van der Waals surface area contributed by atoms with E-state index in [0.29, 0.717) is 12.2 Å². The molecule has 0 unspecified atom stereocenters. The van der Waals surface area contributed by atoms with E-state index < -0.39 is 5.82 Å². The van der Waals surface area contributed by atoms with E-state index in [1.54, 1.807) is 0 Å². The third-order valence-electron chi connectivity index (χ3n) is 1.99. The first-order chi connectivity index (χ1) is 7.22. The number of hydrogen-bond acceptors (Lipinski definition) is 4. The molecule has 2 rings (SSSR count). The maximum atomic E-state index is 13.4. The summed E-state index contributed by atoms with van der Waals surface area (Å²) in [6.07, 6.45) is 0.596. The van der Waals surface area contributed by atoms with Gasteiger partial charge in [-0.2, -0.15) is 4.98 Å². The molecule has 0 atom stereocenters. The maximum Gasteiger partial charge on any atom is 0.264 e. The molecule has 0 saturated carbocycles. The number of aromatic nitrogens is 2. The Bertz CT molecular complexity index is 462. The molecule has 4 nitrogen and oxygen atoms in total. The molecule has 0 fully saturated rings. The molecule has 1 N–H and O–H groups in total. The zero-order valence-electron chi connectivity index (χ0n) is 8.07. The summed E-state index contributed by atoms with van der Waals surface area (Å²) in [6, 6.07) is 4.00. The van der Waals surface area contributed by atoms with Crippen LogP contribution in [-0.4, -0.2) is 15.2 Å². The van der Waals surface area contributed by atoms with Gasteiger partial charge in [-0.25, -0.2) is 4.39 Å². The van der Waals surface area contributed by atoms with Crippen molar-refractivity contribution < 1.29 is 14.0 Å². The average molecular weight is 208 g/mol. The summed E-state index contributed by atoms with van der Waals surface area (Å²) in [5.74, 6) is -0.308. The minimum absolute atomic E-state index is 0.00227. The van der Waals surface area contributed by atoms with Gasteiger partial charge in [-0.05, 0) is 12.1 Å². The monoisotopic (exact) mass is 208 g/mol. The van der Waals surface area contributed by atoms with Crippen LogP contribution in [0.4, 0.5) is 4.39 Å². The summed E-state index contributed by atoms with van der Waals surface area (Å²) in [7, 11) is 0. The van der Waals surface area contributed by atoms with Gasteiger partial charge in [-0.15, -0.1) is 0 Å². The molecule has 0 saturated heterocycles. The van der Waals surface area contributed by atoms with Crippen LogP contribution >= 0.6 is 0 Å². The van der Waals surface area contributed by atoms with Crippen molar-refractivity contribution in [1.82, 2.24) is 10.1 Å². The molecule has 0 aliphatic heterocycles. The Morgan fingerprint density at radius 1 is 1.47 bits per heavy atom. The van der Waals surface area contributed by atoms with E-state index in [2.05, 4.69) is 10.1 Å². The first kappa shape index (κ1) is 9.64. The van der Waals surface area contributed by atoms with E-state index in [1.165, 1.54) is 18.2 Å². The second-order valence-corrected chi connectivity index (χ2v) is 3.00. The molecule has 0 amide bonds. The van der Waals surface area contributed by atoms with Crippen molar-refractivity contribution >= 4 is 0 Å². The Hall–Kier alpha value is -1.91. The largest absolute Gasteiger partial charge is 0.507 e. The Balaban J connectivity index is 2.53. The van der Waals surface area contributed by atoms with Crippen LogP contribution < -0.4 is 0 Å². The number of nitrogens with zero attached hydrogens (tertiary/aromatic N) is 2. The predicted octanol–water partition coefficient (Wildman–Crippen LogP) is 2.14. The van der Waals surface area contributed by atoms with Crippen molar-refractivity contribution in [3.63, 3.8) is 0 Å². The van der Waals surface area contributed by atoms with E-state index in [-0.39, 0.29) is 17.2 Å².